The van der Waals surface area contributed by atoms with Gasteiger partial charge in [0, 0.05) is 6.42 Å². The van der Waals surface area contributed by atoms with E-state index in [-0.39, 0.29) is 0 Å². The van der Waals surface area contributed by atoms with Crippen LogP contribution in [0.4, 0.5) is 0 Å². The lowest BCUT2D eigenvalue weighted by Gasteiger charge is -2.28. The molecule has 0 aromatic heterocycles. The van der Waals surface area contributed by atoms with Gasteiger partial charge in [0.05, 0.1) is 6.10 Å². The number of hydrogen-bond acceptors (Lipinski definition) is 5. The molecular formula is C6H13NO4. The molecule has 5 heteroatoms. The van der Waals surface area contributed by atoms with Crippen LogP contribution in [0.25, 0.3) is 0 Å². The van der Waals surface area contributed by atoms with Crippen molar-refractivity contribution in [1.29, 1.82) is 0 Å². The fourth-order valence-corrected chi connectivity index (χ4v) is 0.672. The van der Waals surface area contributed by atoms with Gasteiger partial charge in [-0.1, -0.05) is 0 Å². The van der Waals surface area contributed by atoms with E-state index in [1.54, 1.807) is 0 Å². The van der Waals surface area contributed by atoms with E-state index in [4.69, 9.17) is 21.1 Å². The lowest BCUT2D eigenvalue weighted by molar-refractivity contribution is -0.133. The van der Waals surface area contributed by atoms with Crippen molar-refractivity contribution in [2.75, 3.05) is 0 Å². The van der Waals surface area contributed by atoms with Gasteiger partial charge in [-0.05, 0) is 6.92 Å². The summed E-state index contributed by atoms with van der Waals surface area (Å²) in [6.07, 6.45) is -2.69. The Morgan fingerprint density at radius 3 is 2.36 bits per heavy atom. The maximum absolute atomic E-state index is 9.91. The van der Waals surface area contributed by atoms with E-state index >= 15 is 0 Å². The number of aldehydes is 1. The Hall–Kier alpha value is -0.490. The van der Waals surface area contributed by atoms with Gasteiger partial charge in [-0.3, -0.25) is 0 Å². The minimum absolute atomic E-state index is 0.381. The van der Waals surface area contributed by atoms with Crippen LogP contribution < -0.4 is 5.73 Å². The van der Waals surface area contributed by atoms with Gasteiger partial charge >= 0.3 is 0 Å². The van der Waals surface area contributed by atoms with Crippen molar-refractivity contribution >= 4 is 6.29 Å². The zero-order valence-corrected chi connectivity index (χ0v) is 6.27. The minimum Gasteiger partial charge on any atom is -0.391 e. The first-order chi connectivity index (χ1) is 4.91. The molecular weight excluding hydrogens is 150 g/mol. The van der Waals surface area contributed by atoms with Gasteiger partial charge in [0.1, 0.15) is 18.1 Å². The molecule has 0 amide bonds. The Bertz CT molecular complexity index is 135. The molecule has 0 aromatic rings. The summed E-state index contributed by atoms with van der Waals surface area (Å²) < 4.78 is 0. The van der Waals surface area contributed by atoms with Crippen molar-refractivity contribution in [3.05, 3.63) is 0 Å². The van der Waals surface area contributed by atoms with Crippen LogP contribution in [-0.4, -0.2) is 39.5 Å². The Balaban J connectivity index is 4.15. The second kappa shape index (κ2) is 3.77. The first-order valence-corrected chi connectivity index (χ1v) is 3.23. The smallest absolute Gasteiger partial charge is 0.148 e. The third-order valence-corrected chi connectivity index (χ3v) is 1.38. The molecule has 0 aliphatic rings. The van der Waals surface area contributed by atoms with Gasteiger partial charge in [-0.15, -0.1) is 0 Å². The molecule has 0 unspecified atom stereocenters. The number of hydrogen-bond donors (Lipinski definition) is 4. The van der Waals surface area contributed by atoms with Crippen LogP contribution in [0.1, 0.15) is 13.3 Å². The molecule has 0 aliphatic heterocycles. The third-order valence-electron chi connectivity index (χ3n) is 1.38. The van der Waals surface area contributed by atoms with Crippen LogP contribution in [0.2, 0.25) is 0 Å². The number of rotatable bonds is 4. The van der Waals surface area contributed by atoms with Crippen LogP contribution in [0.5, 0.6) is 0 Å². The summed E-state index contributed by atoms with van der Waals surface area (Å²) in [6, 6.07) is 0. The van der Waals surface area contributed by atoms with Crippen LogP contribution in [0, 0.1) is 0 Å². The maximum atomic E-state index is 9.91. The lowest BCUT2D eigenvalue weighted by Crippen LogP contribution is -2.55. The van der Waals surface area contributed by atoms with Gasteiger partial charge in [-0.2, -0.15) is 0 Å². The van der Waals surface area contributed by atoms with Gasteiger partial charge in [0.15, 0.2) is 0 Å². The highest BCUT2D eigenvalue weighted by atomic mass is 16.4. The van der Waals surface area contributed by atoms with Crippen molar-refractivity contribution in [3.8, 4) is 0 Å². The van der Waals surface area contributed by atoms with Crippen LogP contribution in [0.3, 0.4) is 0 Å². The summed E-state index contributed by atoms with van der Waals surface area (Å²) in [6.45, 7) is 1.27. The average molecular weight is 163 g/mol. The summed E-state index contributed by atoms with van der Waals surface area (Å²) in [7, 11) is 0. The van der Waals surface area contributed by atoms with Gasteiger partial charge in [-0.25, -0.2) is 0 Å². The summed E-state index contributed by atoms with van der Waals surface area (Å²) in [5, 5.41) is 26.9. The van der Waals surface area contributed by atoms with Gasteiger partial charge < -0.3 is 25.8 Å². The van der Waals surface area contributed by atoms with Crippen molar-refractivity contribution < 1.29 is 20.1 Å². The second-order valence-corrected chi connectivity index (χ2v) is 2.55. The molecule has 0 heterocycles. The molecule has 3 atom stereocenters. The highest BCUT2D eigenvalue weighted by Gasteiger charge is 2.33. The maximum Gasteiger partial charge on any atom is 0.148 e. The number of carbonyl (C=O) groups excluding carboxylic acids is 1. The fraction of sp³-hybridized carbons (Fsp3) is 0.833. The zero-order chi connectivity index (χ0) is 9.07. The second-order valence-electron chi connectivity index (χ2n) is 2.55. The Morgan fingerprint density at radius 2 is 2.09 bits per heavy atom. The topological polar surface area (TPSA) is 104 Å². The summed E-state index contributed by atoms with van der Waals surface area (Å²) in [4.78, 5) is 9.91. The highest BCUT2D eigenvalue weighted by Crippen LogP contribution is 2.10. The molecule has 0 spiro atoms. The third kappa shape index (κ3) is 2.94. The molecule has 0 fully saturated rings. The van der Waals surface area contributed by atoms with E-state index in [9.17, 15) is 4.79 Å². The fourth-order valence-electron chi connectivity index (χ4n) is 0.672. The van der Waals surface area contributed by atoms with Crippen LogP contribution in [0.15, 0.2) is 0 Å². The highest BCUT2D eigenvalue weighted by molar-refractivity contribution is 5.51. The largest absolute Gasteiger partial charge is 0.391 e. The molecule has 0 radical (unpaired) electrons. The molecule has 5 nitrogen and oxygen atoms in total. The predicted octanol–water partition coefficient (Wildman–Crippen LogP) is -2.04. The summed E-state index contributed by atoms with van der Waals surface area (Å²) in [5.74, 6) is 0. The van der Waals surface area contributed by atoms with Crippen molar-refractivity contribution in [2.24, 2.45) is 5.73 Å². The first-order valence-electron chi connectivity index (χ1n) is 3.23. The number of aliphatic hydroxyl groups is 3. The molecule has 5 N–H and O–H groups in total. The Labute approximate surface area is 64.4 Å². The molecule has 66 valence electrons. The molecule has 0 aromatic carbocycles. The predicted molar refractivity (Wildman–Crippen MR) is 37.5 cm³/mol. The quantitative estimate of drug-likeness (QED) is 0.282. The minimum atomic E-state index is -2.03. The van der Waals surface area contributed by atoms with E-state index in [0.717, 1.165) is 0 Å². The zero-order valence-electron chi connectivity index (χ0n) is 6.27. The van der Waals surface area contributed by atoms with E-state index in [2.05, 4.69) is 0 Å². The normalized spacial score (nSPS) is 21.9. The van der Waals surface area contributed by atoms with E-state index in [1.807, 2.05) is 0 Å². The summed E-state index contributed by atoms with van der Waals surface area (Å²) >= 11 is 0. The molecule has 0 aliphatic carbocycles. The van der Waals surface area contributed by atoms with Crippen molar-refractivity contribution in [2.45, 2.75) is 31.3 Å². The number of aliphatic hydroxyl groups excluding tert-OH is 2. The first kappa shape index (κ1) is 10.5. The standard InChI is InChI=1S/C6H13NO4/c1-4(9)5(10)6(7,11)2-3-8/h3-5,9-11H,2,7H2,1H3/t4-,5-,6-/m0/s1. The van der Waals surface area contributed by atoms with Gasteiger partial charge in [0.25, 0.3) is 0 Å². The summed E-state index contributed by atoms with van der Waals surface area (Å²) in [5.41, 5.74) is 3.05. The lowest BCUT2D eigenvalue weighted by atomic mass is 10.0. The van der Waals surface area contributed by atoms with E-state index in [0.29, 0.717) is 6.29 Å². The monoisotopic (exact) mass is 163 g/mol. The van der Waals surface area contributed by atoms with Crippen LogP contribution >= 0.6 is 0 Å². The number of carbonyl (C=O) groups is 1. The molecule has 0 saturated heterocycles. The Morgan fingerprint density at radius 1 is 1.64 bits per heavy atom. The van der Waals surface area contributed by atoms with Crippen molar-refractivity contribution in [3.63, 3.8) is 0 Å². The average Bonchev–Trinajstić information content (AvgIpc) is 1.86. The molecule has 11 heavy (non-hydrogen) atoms. The SMILES string of the molecule is C[C@H](O)[C@H](O)[C@@](N)(O)CC=O. The molecule has 0 rings (SSSR count). The van der Waals surface area contributed by atoms with Gasteiger partial charge in [0.2, 0.25) is 0 Å². The molecule has 0 bridgehead atoms. The molecule has 0 saturated carbocycles. The Kier molecular flexibility index (Phi) is 3.61. The number of nitrogens with two attached hydrogens (primary N) is 1. The van der Waals surface area contributed by atoms with Crippen molar-refractivity contribution in [1.82, 2.24) is 0 Å². The van der Waals surface area contributed by atoms with E-state index < -0.39 is 24.4 Å². The van der Waals surface area contributed by atoms with Crippen LogP contribution in [-0.2, 0) is 4.79 Å². The van der Waals surface area contributed by atoms with E-state index in [1.165, 1.54) is 6.92 Å².